The molecule has 0 radical (unpaired) electrons. The van der Waals surface area contributed by atoms with Crippen LogP contribution in [0.15, 0.2) is 40.1 Å². The molecule has 0 saturated carbocycles. The van der Waals surface area contributed by atoms with Gasteiger partial charge in [-0.2, -0.15) is 0 Å². The van der Waals surface area contributed by atoms with Crippen molar-refractivity contribution in [3.63, 3.8) is 0 Å². The van der Waals surface area contributed by atoms with Crippen LogP contribution in [0.2, 0.25) is 0 Å². The number of halogens is 1. The Morgan fingerprint density at radius 3 is 2.75 bits per heavy atom. The monoisotopic (exact) mass is 422 g/mol. The summed E-state index contributed by atoms with van der Waals surface area (Å²) in [5.41, 5.74) is 2.31. The maximum absolute atomic E-state index is 10.7. The Morgan fingerprint density at radius 2 is 2.04 bits per heavy atom. The van der Waals surface area contributed by atoms with Crippen molar-refractivity contribution in [3.05, 3.63) is 39.9 Å². The molecule has 3 rings (SSSR count). The third kappa shape index (κ3) is 3.79. The van der Waals surface area contributed by atoms with Crippen molar-refractivity contribution in [1.29, 1.82) is 0 Å². The number of thioether (sulfide) groups is 1. The summed E-state index contributed by atoms with van der Waals surface area (Å²) < 4.78 is 1.04. The van der Waals surface area contributed by atoms with Gasteiger partial charge in [0.1, 0.15) is 16.2 Å². The molecule has 0 atom stereocenters. The maximum Gasteiger partial charge on any atom is 0.303 e. The van der Waals surface area contributed by atoms with Crippen LogP contribution in [0, 0.1) is 6.92 Å². The van der Waals surface area contributed by atoms with Crippen molar-refractivity contribution in [1.82, 2.24) is 9.97 Å². The summed E-state index contributed by atoms with van der Waals surface area (Å²) in [5.74, 6) is -0.0297. The predicted molar refractivity (Wildman–Crippen MR) is 103 cm³/mol. The van der Waals surface area contributed by atoms with Gasteiger partial charge in [0, 0.05) is 27.1 Å². The molecule has 2 heterocycles. The first kappa shape index (κ1) is 17.4. The van der Waals surface area contributed by atoms with Crippen molar-refractivity contribution < 1.29 is 9.90 Å². The zero-order valence-corrected chi connectivity index (χ0v) is 16.2. The largest absolute Gasteiger partial charge is 0.481 e. The number of carboxylic acids is 1. The van der Waals surface area contributed by atoms with E-state index in [4.69, 9.17) is 5.11 Å². The van der Waals surface area contributed by atoms with Gasteiger partial charge < -0.3 is 5.11 Å². The minimum atomic E-state index is -0.759. The molecule has 24 heavy (non-hydrogen) atoms. The lowest BCUT2D eigenvalue weighted by Crippen LogP contribution is -1.95. The Morgan fingerprint density at radius 1 is 1.29 bits per heavy atom. The number of benzene rings is 1. The second-order valence-electron chi connectivity index (χ2n) is 5.24. The number of rotatable bonds is 6. The number of thiophene rings is 1. The van der Waals surface area contributed by atoms with E-state index in [0.29, 0.717) is 6.42 Å². The fourth-order valence-electron chi connectivity index (χ4n) is 2.48. The number of aliphatic carboxylic acids is 1. The zero-order chi connectivity index (χ0) is 17.1. The first-order valence-electron chi connectivity index (χ1n) is 7.41. The average molecular weight is 423 g/mol. The first-order chi connectivity index (χ1) is 11.6. The van der Waals surface area contributed by atoms with E-state index in [0.717, 1.165) is 31.0 Å². The molecular weight excluding hydrogens is 408 g/mol. The Labute approximate surface area is 156 Å². The van der Waals surface area contributed by atoms with E-state index >= 15 is 0 Å². The topological polar surface area (TPSA) is 63.1 Å². The Bertz CT molecular complexity index is 878. The quantitative estimate of drug-likeness (QED) is 0.327. The van der Waals surface area contributed by atoms with Crippen molar-refractivity contribution >= 4 is 55.2 Å². The van der Waals surface area contributed by atoms with Crippen LogP contribution in [0.4, 0.5) is 0 Å². The van der Waals surface area contributed by atoms with Crippen molar-refractivity contribution in [3.8, 4) is 11.1 Å². The number of hydrogen-bond donors (Lipinski definition) is 1. The lowest BCUT2D eigenvalue weighted by Gasteiger charge is -2.06. The Kier molecular flexibility index (Phi) is 5.53. The molecule has 124 valence electrons. The second-order valence-corrected chi connectivity index (χ2v) is 8.45. The molecule has 0 aliphatic heterocycles. The summed E-state index contributed by atoms with van der Waals surface area (Å²) in [6.45, 7) is 2.10. The molecule has 3 aromatic rings. The highest BCUT2D eigenvalue weighted by Gasteiger charge is 2.17. The molecule has 0 aliphatic rings. The van der Waals surface area contributed by atoms with E-state index in [-0.39, 0.29) is 6.42 Å². The number of nitrogens with zero attached hydrogens (tertiary/aromatic N) is 2. The molecular formula is C17H15BrN2O2S2. The van der Waals surface area contributed by atoms with E-state index in [9.17, 15) is 4.79 Å². The zero-order valence-electron chi connectivity index (χ0n) is 13.0. The molecule has 0 saturated heterocycles. The minimum Gasteiger partial charge on any atom is -0.481 e. The Hall–Kier alpha value is -1.44. The number of hydrogen-bond acceptors (Lipinski definition) is 5. The molecule has 2 aromatic heterocycles. The van der Waals surface area contributed by atoms with E-state index in [1.165, 1.54) is 10.4 Å². The minimum absolute atomic E-state index is 0.184. The van der Waals surface area contributed by atoms with Crippen LogP contribution in [-0.2, 0) is 4.79 Å². The number of fused-ring (bicyclic) bond motifs is 1. The van der Waals surface area contributed by atoms with Gasteiger partial charge in [0.15, 0.2) is 0 Å². The fourth-order valence-corrected chi connectivity index (χ4v) is 4.77. The smallest absolute Gasteiger partial charge is 0.303 e. The number of carboxylic acid groups (broad SMARTS) is 1. The molecule has 1 N–H and O–H groups in total. The highest BCUT2D eigenvalue weighted by molar-refractivity contribution is 9.10. The van der Waals surface area contributed by atoms with Crippen LogP contribution in [0.25, 0.3) is 21.3 Å². The van der Waals surface area contributed by atoms with Gasteiger partial charge in [0.05, 0.1) is 5.39 Å². The highest BCUT2D eigenvalue weighted by atomic mass is 79.9. The standard InChI is InChI=1S/C17H15BrN2O2S2/c1-10-14(11-4-6-12(18)7-5-11)15-16(19-9-20-17(15)24-10)23-8-2-3-13(21)22/h4-7,9H,2-3,8H2,1H3,(H,21,22). The third-order valence-electron chi connectivity index (χ3n) is 3.54. The van der Waals surface area contributed by atoms with E-state index in [1.807, 2.05) is 12.1 Å². The lowest BCUT2D eigenvalue weighted by atomic mass is 10.0. The number of aromatic nitrogens is 2. The van der Waals surface area contributed by atoms with Crippen molar-refractivity contribution in [2.75, 3.05) is 5.75 Å². The van der Waals surface area contributed by atoms with Crippen molar-refractivity contribution in [2.24, 2.45) is 0 Å². The van der Waals surface area contributed by atoms with Gasteiger partial charge in [-0.25, -0.2) is 9.97 Å². The molecule has 0 unspecified atom stereocenters. The summed E-state index contributed by atoms with van der Waals surface area (Å²) in [4.78, 5) is 21.7. The summed E-state index contributed by atoms with van der Waals surface area (Å²) >= 11 is 6.74. The molecule has 1 aromatic carbocycles. The van der Waals surface area contributed by atoms with Gasteiger partial charge in [-0.15, -0.1) is 23.1 Å². The third-order valence-corrected chi connectivity index (χ3v) is 6.15. The van der Waals surface area contributed by atoms with Gasteiger partial charge in [0.25, 0.3) is 0 Å². The number of carbonyl (C=O) groups is 1. The van der Waals surface area contributed by atoms with Crippen LogP contribution < -0.4 is 0 Å². The van der Waals surface area contributed by atoms with Gasteiger partial charge in [0.2, 0.25) is 0 Å². The van der Waals surface area contributed by atoms with Gasteiger partial charge in [-0.1, -0.05) is 28.1 Å². The molecule has 0 aliphatic carbocycles. The fraction of sp³-hybridized carbons (Fsp3) is 0.235. The second kappa shape index (κ2) is 7.63. The van der Waals surface area contributed by atoms with E-state index in [1.54, 1.807) is 29.4 Å². The summed E-state index contributed by atoms with van der Waals surface area (Å²) in [7, 11) is 0. The summed E-state index contributed by atoms with van der Waals surface area (Å²) in [6.07, 6.45) is 2.40. The van der Waals surface area contributed by atoms with Crippen molar-refractivity contribution in [2.45, 2.75) is 24.8 Å². The van der Waals surface area contributed by atoms with Gasteiger partial charge >= 0.3 is 5.97 Å². The molecule has 0 spiro atoms. The van der Waals surface area contributed by atoms with Gasteiger partial charge in [-0.05, 0) is 31.0 Å². The lowest BCUT2D eigenvalue weighted by molar-refractivity contribution is -0.137. The average Bonchev–Trinajstić information content (AvgIpc) is 2.89. The van der Waals surface area contributed by atoms with Crippen LogP contribution in [0.5, 0.6) is 0 Å². The Balaban J connectivity index is 1.98. The molecule has 0 bridgehead atoms. The first-order valence-corrected chi connectivity index (χ1v) is 10.0. The molecule has 0 fully saturated rings. The van der Waals surface area contributed by atoms with Crippen LogP contribution >= 0.6 is 39.0 Å². The van der Waals surface area contributed by atoms with E-state index in [2.05, 4.69) is 45.0 Å². The molecule has 7 heteroatoms. The highest BCUT2D eigenvalue weighted by Crippen LogP contribution is 2.41. The molecule has 4 nitrogen and oxygen atoms in total. The normalized spacial score (nSPS) is 11.1. The summed E-state index contributed by atoms with van der Waals surface area (Å²) in [6, 6.07) is 8.23. The summed E-state index contributed by atoms with van der Waals surface area (Å²) in [5, 5.41) is 10.8. The maximum atomic E-state index is 10.7. The van der Waals surface area contributed by atoms with E-state index < -0.39 is 5.97 Å². The SMILES string of the molecule is Cc1sc2ncnc(SCCCC(=O)O)c2c1-c1ccc(Br)cc1. The van der Waals surface area contributed by atoms with Crippen LogP contribution in [0.1, 0.15) is 17.7 Å². The molecule has 0 amide bonds. The number of aryl methyl sites for hydroxylation is 1. The van der Waals surface area contributed by atoms with Gasteiger partial charge in [-0.3, -0.25) is 4.79 Å². The predicted octanol–water partition coefficient (Wildman–Crippen LogP) is 5.39. The van der Waals surface area contributed by atoms with Crippen LogP contribution in [-0.4, -0.2) is 26.8 Å². The van der Waals surface area contributed by atoms with Crippen LogP contribution in [0.3, 0.4) is 0 Å².